The number of aromatic carboxylic acids is 1. The summed E-state index contributed by atoms with van der Waals surface area (Å²) in [4.78, 5) is 14.4. The van der Waals surface area contributed by atoms with E-state index < -0.39 is 39.4 Å². The monoisotopic (exact) mass is 398 g/mol. The molecule has 1 aromatic carbocycles. The maximum atomic E-state index is 12.8. The molecule has 128 valence electrons. The van der Waals surface area contributed by atoms with Gasteiger partial charge in [-0.05, 0) is 24.3 Å². The van der Waals surface area contributed by atoms with Crippen molar-refractivity contribution < 1.29 is 27.3 Å². The molecule has 1 atom stereocenters. The standard InChI is InChI=1S/C13H7Cl2F3N2O3S/c14-6-3-10(11(12(21)22)19-5-6)20-24(23)7-1-2-9(15)8(4-7)13(16,17)18/h1-5,20H,(H,21,22). The first-order valence-corrected chi connectivity index (χ1v) is 7.94. The summed E-state index contributed by atoms with van der Waals surface area (Å²) in [6.45, 7) is 0. The van der Waals surface area contributed by atoms with Crippen LogP contribution in [0.1, 0.15) is 16.1 Å². The molecule has 0 spiro atoms. The zero-order valence-electron chi connectivity index (χ0n) is 11.4. The molecule has 0 aliphatic rings. The van der Waals surface area contributed by atoms with E-state index in [0.717, 1.165) is 24.4 Å². The Morgan fingerprint density at radius 2 is 1.92 bits per heavy atom. The van der Waals surface area contributed by atoms with Crippen LogP contribution in [-0.2, 0) is 17.2 Å². The van der Waals surface area contributed by atoms with E-state index in [-0.39, 0.29) is 15.6 Å². The summed E-state index contributed by atoms with van der Waals surface area (Å²) in [6.07, 6.45) is -3.65. The molecule has 2 aromatic rings. The van der Waals surface area contributed by atoms with Crippen molar-refractivity contribution in [2.45, 2.75) is 11.1 Å². The molecule has 0 radical (unpaired) electrons. The molecule has 2 rings (SSSR count). The number of carboxylic acids is 1. The van der Waals surface area contributed by atoms with Gasteiger partial charge >= 0.3 is 12.1 Å². The largest absolute Gasteiger partial charge is 0.476 e. The fourth-order valence-electron chi connectivity index (χ4n) is 1.68. The molecular formula is C13H7Cl2F3N2O3S. The third kappa shape index (κ3) is 4.16. The fraction of sp³-hybridized carbons (Fsp3) is 0.0769. The van der Waals surface area contributed by atoms with E-state index in [9.17, 15) is 22.2 Å². The summed E-state index contributed by atoms with van der Waals surface area (Å²) >= 11 is 11.2. The quantitative estimate of drug-likeness (QED) is 0.806. The van der Waals surface area contributed by atoms with Gasteiger partial charge in [0.2, 0.25) is 0 Å². The molecule has 0 saturated carbocycles. The van der Waals surface area contributed by atoms with Crippen molar-refractivity contribution in [2.75, 3.05) is 4.72 Å². The number of carboxylic acid groups (broad SMARTS) is 1. The second kappa shape index (κ2) is 6.96. The van der Waals surface area contributed by atoms with Gasteiger partial charge < -0.3 is 5.11 Å². The number of alkyl halides is 3. The second-order valence-corrected chi connectivity index (χ2v) is 6.42. The van der Waals surface area contributed by atoms with Gasteiger partial charge in [0.05, 0.1) is 26.2 Å². The first-order valence-electron chi connectivity index (χ1n) is 6.03. The molecule has 24 heavy (non-hydrogen) atoms. The molecule has 1 aromatic heterocycles. The van der Waals surface area contributed by atoms with Gasteiger partial charge in [-0.25, -0.2) is 14.0 Å². The number of nitrogens with zero attached hydrogens (tertiary/aromatic N) is 1. The third-order valence-electron chi connectivity index (χ3n) is 2.72. The van der Waals surface area contributed by atoms with Crippen LogP contribution in [-0.4, -0.2) is 20.3 Å². The lowest BCUT2D eigenvalue weighted by Crippen LogP contribution is -2.12. The number of nitrogens with one attached hydrogen (secondary N) is 1. The SMILES string of the molecule is O=C(O)c1ncc(Cl)cc1NS(=O)c1ccc(Cl)c(C(F)(F)F)c1. The van der Waals surface area contributed by atoms with E-state index >= 15 is 0 Å². The number of rotatable bonds is 4. The Morgan fingerprint density at radius 3 is 2.50 bits per heavy atom. The van der Waals surface area contributed by atoms with Gasteiger partial charge in [-0.2, -0.15) is 13.2 Å². The molecule has 0 bridgehead atoms. The number of carbonyl (C=O) groups is 1. The predicted octanol–water partition coefficient (Wildman–Crippen LogP) is 4.24. The van der Waals surface area contributed by atoms with Crippen molar-refractivity contribution in [3.63, 3.8) is 0 Å². The molecule has 0 amide bonds. The summed E-state index contributed by atoms with van der Waals surface area (Å²) < 4.78 is 53.0. The third-order valence-corrected chi connectivity index (χ3v) is 4.34. The molecule has 0 saturated heterocycles. The first kappa shape index (κ1) is 18.5. The van der Waals surface area contributed by atoms with Crippen LogP contribution in [0.5, 0.6) is 0 Å². The maximum Gasteiger partial charge on any atom is 0.417 e. The van der Waals surface area contributed by atoms with Crippen LogP contribution >= 0.6 is 23.2 Å². The molecule has 5 nitrogen and oxygen atoms in total. The number of benzene rings is 1. The maximum absolute atomic E-state index is 12.8. The van der Waals surface area contributed by atoms with Crippen molar-refractivity contribution in [2.24, 2.45) is 0 Å². The van der Waals surface area contributed by atoms with Gasteiger partial charge in [-0.1, -0.05) is 23.2 Å². The van der Waals surface area contributed by atoms with E-state index in [1.807, 2.05) is 0 Å². The lowest BCUT2D eigenvalue weighted by Gasteiger charge is -2.12. The molecule has 1 heterocycles. The van der Waals surface area contributed by atoms with E-state index in [1.54, 1.807) is 0 Å². The molecule has 11 heteroatoms. The number of pyridine rings is 1. The highest BCUT2D eigenvalue weighted by atomic mass is 35.5. The van der Waals surface area contributed by atoms with Crippen LogP contribution in [0.4, 0.5) is 18.9 Å². The molecule has 2 N–H and O–H groups in total. The van der Waals surface area contributed by atoms with Crippen molar-refractivity contribution in [1.82, 2.24) is 4.98 Å². The number of hydrogen-bond donors (Lipinski definition) is 2. The fourth-order valence-corrected chi connectivity index (χ4v) is 2.96. The number of hydrogen-bond acceptors (Lipinski definition) is 3. The first-order chi connectivity index (χ1) is 11.1. The predicted molar refractivity (Wildman–Crippen MR) is 82.7 cm³/mol. The minimum atomic E-state index is -4.72. The van der Waals surface area contributed by atoms with Gasteiger partial charge in [0.15, 0.2) is 5.69 Å². The Labute approximate surface area is 146 Å². The Morgan fingerprint density at radius 1 is 1.25 bits per heavy atom. The van der Waals surface area contributed by atoms with E-state index in [0.29, 0.717) is 6.07 Å². The van der Waals surface area contributed by atoms with Gasteiger partial charge in [-0.3, -0.25) is 4.72 Å². The van der Waals surface area contributed by atoms with Gasteiger partial charge in [0.25, 0.3) is 0 Å². The van der Waals surface area contributed by atoms with Crippen LogP contribution < -0.4 is 4.72 Å². The number of aromatic nitrogens is 1. The Kier molecular flexibility index (Phi) is 5.36. The minimum Gasteiger partial charge on any atom is -0.476 e. The van der Waals surface area contributed by atoms with Gasteiger partial charge in [-0.15, -0.1) is 0 Å². The van der Waals surface area contributed by atoms with Crippen molar-refractivity contribution in [1.29, 1.82) is 0 Å². The van der Waals surface area contributed by atoms with Crippen molar-refractivity contribution in [3.8, 4) is 0 Å². The molecular weight excluding hydrogens is 392 g/mol. The highest BCUT2D eigenvalue weighted by molar-refractivity contribution is 7.86. The minimum absolute atomic E-state index is 0.0617. The number of anilines is 1. The van der Waals surface area contributed by atoms with Crippen LogP contribution in [0, 0.1) is 0 Å². The molecule has 0 aliphatic carbocycles. The zero-order valence-corrected chi connectivity index (χ0v) is 13.7. The normalized spacial score (nSPS) is 12.7. The van der Waals surface area contributed by atoms with Crippen LogP contribution in [0.3, 0.4) is 0 Å². The Balaban J connectivity index is 2.38. The van der Waals surface area contributed by atoms with E-state index in [1.165, 1.54) is 0 Å². The van der Waals surface area contributed by atoms with Gasteiger partial charge in [0, 0.05) is 6.20 Å². The summed E-state index contributed by atoms with van der Waals surface area (Å²) in [5, 5.41) is 8.54. The van der Waals surface area contributed by atoms with E-state index in [4.69, 9.17) is 28.3 Å². The summed E-state index contributed by atoms with van der Waals surface area (Å²) in [5.41, 5.74) is -1.82. The average molecular weight is 399 g/mol. The molecule has 0 fully saturated rings. The lowest BCUT2D eigenvalue weighted by molar-refractivity contribution is -0.137. The van der Waals surface area contributed by atoms with E-state index in [2.05, 4.69) is 9.71 Å². The smallest absolute Gasteiger partial charge is 0.417 e. The van der Waals surface area contributed by atoms with Crippen molar-refractivity contribution >= 4 is 45.8 Å². The zero-order chi connectivity index (χ0) is 18.1. The van der Waals surface area contributed by atoms with Crippen LogP contribution in [0.25, 0.3) is 0 Å². The van der Waals surface area contributed by atoms with Crippen LogP contribution in [0.2, 0.25) is 10.0 Å². The number of halogens is 5. The Bertz CT molecular complexity index is 831. The topological polar surface area (TPSA) is 79.3 Å². The van der Waals surface area contributed by atoms with Crippen LogP contribution in [0.15, 0.2) is 35.4 Å². The highest BCUT2D eigenvalue weighted by Crippen LogP contribution is 2.35. The summed E-state index contributed by atoms with van der Waals surface area (Å²) in [6, 6.07) is 3.84. The molecule has 0 aliphatic heterocycles. The summed E-state index contributed by atoms with van der Waals surface area (Å²) in [5.74, 6) is -1.42. The summed E-state index contributed by atoms with van der Waals surface area (Å²) in [7, 11) is -2.19. The Hall–Kier alpha value is -1.84. The lowest BCUT2D eigenvalue weighted by atomic mass is 10.2. The second-order valence-electron chi connectivity index (χ2n) is 4.37. The highest BCUT2D eigenvalue weighted by Gasteiger charge is 2.33. The molecule has 1 unspecified atom stereocenters. The average Bonchev–Trinajstić information content (AvgIpc) is 2.46. The van der Waals surface area contributed by atoms with Crippen molar-refractivity contribution in [3.05, 3.63) is 51.8 Å². The van der Waals surface area contributed by atoms with Gasteiger partial charge in [0.1, 0.15) is 11.0 Å².